The minimum absolute atomic E-state index is 0.202. The van der Waals surface area contributed by atoms with Crippen LogP contribution in [0.1, 0.15) is 12.5 Å². The fraction of sp³-hybridized carbons (Fsp3) is 0.235. The molecule has 1 amide bonds. The van der Waals surface area contributed by atoms with Crippen molar-refractivity contribution in [3.63, 3.8) is 0 Å². The SMILES string of the molecule is COc1ccccc1O[C@H](C)C(=O)Nc1cccc(C)c1. The lowest BCUT2D eigenvalue weighted by Crippen LogP contribution is -2.30. The number of anilines is 1. The van der Waals surface area contributed by atoms with Crippen LogP contribution in [0.2, 0.25) is 0 Å². The van der Waals surface area contributed by atoms with Crippen molar-refractivity contribution in [2.45, 2.75) is 20.0 Å². The quantitative estimate of drug-likeness (QED) is 0.915. The van der Waals surface area contributed by atoms with Crippen LogP contribution >= 0.6 is 0 Å². The van der Waals surface area contributed by atoms with Crippen molar-refractivity contribution >= 4 is 11.6 Å². The van der Waals surface area contributed by atoms with Crippen LogP contribution < -0.4 is 14.8 Å². The Morgan fingerprint density at radius 2 is 1.81 bits per heavy atom. The molecule has 0 bridgehead atoms. The van der Waals surface area contributed by atoms with Gasteiger partial charge in [-0.15, -0.1) is 0 Å². The molecule has 0 radical (unpaired) electrons. The largest absolute Gasteiger partial charge is 0.493 e. The van der Waals surface area contributed by atoms with Gasteiger partial charge in [0.15, 0.2) is 17.6 Å². The van der Waals surface area contributed by atoms with Gasteiger partial charge in [-0.2, -0.15) is 0 Å². The number of nitrogens with one attached hydrogen (secondary N) is 1. The fourth-order valence-electron chi connectivity index (χ4n) is 1.93. The number of aryl methyl sites for hydroxylation is 1. The summed E-state index contributed by atoms with van der Waals surface area (Å²) in [4.78, 5) is 12.2. The number of hydrogen-bond acceptors (Lipinski definition) is 3. The van der Waals surface area contributed by atoms with Crippen molar-refractivity contribution in [3.8, 4) is 11.5 Å². The summed E-state index contributed by atoms with van der Waals surface area (Å²) in [6.45, 7) is 3.68. The number of ether oxygens (including phenoxy) is 2. The van der Waals surface area contributed by atoms with Crippen molar-refractivity contribution in [3.05, 3.63) is 54.1 Å². The number of carbonyl (C=O) groups is 1. The molecule has 1 atom stereocenters. The average molecular weight is 285 g/mol. The van der Waals surface area contributed by atoms with Gasteiger partial charge in [0.25, 0.3) is 5.91 Å². The molecule has 0 spiro atoms. The Kier molecular flexibility index (Phi) is 4.82. The van der Waals surface area contributed by atoms with Gasteiger partial charge in [-0.05, 0) is 43.7 Å². The summed E-state index contributed by atoms with van der Waals surface area (Å²) in [7, 11) is 1.57. The third kappa shape index (κ3) is 3.99. The van der Waals surface area contributed by atoms with Gasteiger partial charge >= 0.3 is 0 Å². The van der Waals surface area contributed by atoms with Crippen LogP contribution in [0.3, 0.4) is 0 Å². The van der Waals surface area contributed by atoms with E-state index in [1.807, 2.05) is 43.3 Å². The van der Waals surface area contributed by atoms with E-state index in [4.69, 9.17) is 9.47 Å². The molecule has 4 heteroatoms. The van der Waals surface area contributed by atoms with Gasteiger partial charge in [-0.1, -0.05) is 24.3 Å². The van der Waals surface area contributed by atoms with Gasteiger partial charge in [-0.25, -0.2) is 0 Å². The Bertz CT molecular complexity index is 625. The van der Waals surface area contributed by atoms with Gasteiger partial charge in [0.05, 0.1) is 7.11 Å². The minimum atomic E-state index is -0.623. The molecule has 0 saturated heterocycles. The normalized spacial score (nSPS) is 11.6. The molecule has 21 heavy (non-hydrogen) atoms. The van der Waals surface area contributed by atoms with E-state index in [2.05, 4.69) is 5.32 Å². The fourth-order valence-corrected chi connectivity index (χ4v) is 1.93. The smallest absolute Gasteiger partial charge is 0.265 e. The van der Waals surface area contributed by atoms with Crippen LogP contribution in [0.5, 0.6) is 11.5 Å². The Balaban J connectivity index is 2.02. The van der Waals surface area contributed by atoms with Gasteiger partial charge < -0.3 is 14.8 Å². The summed E-state index contributed by atoms with van der Waals surface area (Å²) in [5.74, 6) is 0.950. The highest BCUT2D eigenvalue weighted by molar-refractivity contribution is 5.94. The van der Waals surface area contributed by atoms with Gasteiger partial charge in [0.2, 0.25) is 0 Å². The zero-order chi connectivity index (χ0) is 15.2. The van der Waals surface area contributed by atoms with E-state index >= 15 is 0 Å². The van der Waals surface area contributed by atoms with Crippen molar-refractivity contribution in [1.82, 2.24) is 0 Å². The van der Waals surface area contributed by atoms with E-state index in [-0.39, 0.29) is 5.91 Å². The van der Waals surface area contributed by atoms with Crippen LogP contribution in [0, 0.1) is 6.92 Å². The van der Waals surface area contributed by atoms with Gasteiger partial charge in [0, 0.05) is 5.69 Å². The molecule has 1 N–H and O–H groups in total. The van der Waals surface area contributed by atoms with Crippen LogP contribution in [-0.2, 0) is 4.79 Å². The van der Waals surface area contributed by atoms with Gasteiger partial charge in [-0.3, -0.25) is 4.79 Å². The molecule has 0 saturated carbocycles. The summed E-state index contributed by atoms with van der Waals surface area (Å²) in [6.07, 6.45) is -0.623. The number of methoxy groups -OCH3 is 1. The monoisotopic (exact) mass is 285 g/mol. The highest BCUT2D eigenvalue weighted by Crippen LogP contribution is 2.27. The molecular formula is C17H19NO3. The number of amides is 1. The highest BCUT2D eigenvalue weighted by Gasteiger charge is 2.16. The topological polar surface area (TPSA) is 47.6 Å². The van der Waals surface area contributed by atoms with E-state index in [0.29, 0.717) is 11.5 Å². The first-order chi connectivity index (χ1) is 10.1. The Hall–Kier alpha value is -2.49. The first-order valence-electron chi connectivity index (χ1n) is 6.77. The molecule has 2 aromatic carbocycles. The maximum atomic E-state index is 12.2. The zero-order valence-electron chi connectivity index (χ0n) is 12.4. The first kappa shape index (κ1) is 14.9. The Morgan fingerprint density at radius 1 is 1.10 bits per heavy atom. The van der Waals surface area contributed by atoms with E-state index in [9.17, 15) is 4.79 Å². The van der Waals surface area contributed by atoms with E-state index in [1.54, 1.807) is 26.2 Å². The van der Waals surface area contributed by atoms with Crippen LogP contribution in [-0.4, -0.2) is 19.1 Å². The minimum Gasteiger partial charge on any atom is -0.493 e. The summed E-state index contributed by atoms with van der Waals surface area (Å²) in [5.41, 5.74) is 1.85. The predicted octanol–water partition coefficient (Wildman–Crippen LogP) is 3.41. The number of para-hydroxylation sites is 2. The lowest BCUT2D eigenvalue weighted by molar-refractivity contribution is -0.122. The molecule has 2 rings (SSSR count). The number of hydrogen-bond donors (Lipinski definition) is 1. The van der Waals surface area contributed by atoms with Crippen molar-refractivity contribution in [1.29, 1.82) is 0 Å². The first-order valence-corrected chi connectivity index (χ1v) is 6.77. The summed E-state index contributed by atoms with van der Waals surface area (Å²) in [6, 6.07) is 14.9. The van der Waals surface area contributed by atoms with E-state index < -0.39 is 6.10 Å². The summed E-state index contributed by atoms with van der Waals surface area (Å²) < 4.78 is 10.9. The molecule has 110 valence electrons. The molecule has 2 aromatic rings. The van der Waals surface area contributed by atoms with E-state index in [0.717, 1.165) is 11.3 Å². The molecule has 0 heterocycles. The second-order valence-corrected chi connectivity index (χ2v) is 4.77. The molecule has 4 nitrogen and oxygen atoms in total. The standard InChI is InChI=1S/C17H19NO3/c1-12-7-6-8-14(11-12)18-17(19)13(2)21-16-10-5-4-9-15(16)20-3/h4-11,13H,1-3H3,(H,18,19)/t13-/m1/s1. The molecule has 0 aliphatic rings. The Labute approximate surface area is 124 Å². The van der Waals surface area contributed by atoms with Crippen LogP contribution in [0.15, 0.2) is 48.5 Å². The number of rotatable bonds is 5. The van der Waals surface area contributed by atoms with Crippen molar-refractivity contribution in [2.24, 2.45) is 0 Å². The molecule has 0 unspecified atom stereocenters. The summed E-state index contributed by atoms with van der Waals surface area (Å²) in [5, 5.41) is 2.84. The summed E-state index contributed by atoms with van der Waals surface area (Å²) >= 11 is 0. The third-order valence-corrected chi connectivity index (χ3v) is 3.03. The van der Waals surface area contributed by atoms with Crippen LogP contribution in [0.4, 0.5) is 5.69 Å². The molecule has 0 aromatic heterocycles. The number of carbonyl (C=O) groups excluding carboxylic acids is 1. The average Bonchev–Trinajstić information content (AvgIpc) is 2.47. The van der Waals surface area contributed by atoms with Gasteiger partial charge in [0.1, 0.15) is 0 Å². The molecule has 0 aliphatic heterocycles. The maximum absolute atomic E-state index is 12.2. The van der Waals surface area contributed by atoms with Crippen LogP contribution in [0.25, 0.3) is 0 Å². The lowest BCUT2D eigenvalue weighted by atomic mass is 10.2. The van der Waals surface area contributed by atoms with Crippen molar-refractivity contribution < 1.29 is 14.3 Å². The van der Waals surface area contributed by atoms with E-state index in [1.165, 1.54) is 0 Å². The number of benzene rings is 2. The molecule has 0 fully saturated rings. The third-order valence-electron chi connectivity index (χ3n) is 3.03. The Morgan fingerprint density at radius 3 is 2.48 bits per heavy atom. The highest BCUT2D eigenvalue weighted by atomic mass is 16.5. The van der Waals surface area contributed by atoms with Crippen molar-refractivity contribution in [2.75, 3.05) is 12.4 Å². The molecule has 0 aliphatic carbocycles. The second-order valence-electron chi connectivity index (χ2n) is 4.77. The maximum Gasteiger partial charge on any atom is 0.265 e. The second kappa shape index (κ2) is 6.79. The molecular weight excluding hydrogens is 266 g/mol. The lowest BCUT2D eigenvalue weighted by Gasteiger charge is -2.16. The zero-order valence-corrected chi connectivity index (χ0v) is 12.4. The predicted molar refractivity (Wildman–Crippen MR) is 82.9 cm³/mol.